The molecule has 1 aromatic heterocycles. The zero-order chi connectivity index (χ0) is 15.7. The van der Waals surface area contributed by atoms with Crippen LogP contribution in [-0.4, -0.2) is 43.5 Å². The van der Waals surface area contributed by atoms with E-state index >= 15 is 0 Å². The van der Waals surface area contributed by atoms with E-state index in [0.29, 0.717) is 30.0 Å². The summed E-state index contributed by atoms with van der Waals surface area (Å²) in [6.07, 6.45) is 3.95. The Morgan fingerprint density at radius 1 is 1.38 bits per heavy atom. The third-order valence-electron chi connectivity index (χ3n) is 3.08. The molecule has 0 aliphatic heterocycles. The lowest BCUT2D eigenvalue weighted by Crippen LogP contribution is -2.14. The molecule has 5 nitrogen and oxygen atoms in total. The van der Waals surface area contributed by atoms with Crippen molar-refractivity contribution in [1.29, 1.82) is 0 Å². The Bertz CT molecular complexity index is 447. The molecule has 0 spiro atoms. The van der Waals surface area contributed by atoms with E-state index in [1.807, 2.05) is 24.1 Å². The SMILES string of the molecule is CCN(C)C=Nc1ccc(OCCCC(C)C)nc1OC. The Hall–Kier alpha value is -1.78. The van der Waals surface area contributed by atoms with Crippen LogP contribution in [-0.2, 0) is 0 Å². The minimum absolute atomic E-state index is 0.483. The van der Waals surface area contributed by atoms with E-state index in [1.165, 1.54) is 0 Å². The smallest absolute Gasteiger partial charge is 0.243 e. The van der Waals surface area contributed by atoms with E-state index in [0.717, 1.165) is 19.4 Å². The molecule has 0 radical (unpaired) electrons. The topological polar surface area (TPSA) is 47.0 Å². The van der Waals surface area contributed by atoms with Gasteiger partial charge in [0.25, 0.3) is 0 Å². The van der Waals surface area contributed by atoms with Gasteiger partial charge >= 0.3 is 0 Å². The molecule has 1 heterocycles. The van der Waals surface area contributed by atoms with Crippen LogP contribution in [0.1, 0.15) is 33.6 Å². The van der Waals surface area contributed by atoms with Crippen LogP contribution >= 0.6 is 0 Å². The zero-order valence-electron chi connectivity index (χ0n) is 13.8. The summed E-state index contributed by atoms with van der Waals surface area (Å²) in [5.41, 5.74) is 0.701. The molecular formula is C16H27N3O2. The number of pyridine rings is 1. The molecule has 0 bridgehead atoms. The van der Waals surface area contributed by atoms with Gasteiger partial charge in [-0.15, -0.1) is 0 Å². The number of hydrogen-bond donors (Lipinski definition) is 0. The summed E-state index contributed by atoms with van der Waals surface area (Å²) in [7, 11) is 3.56. The Balaban J connectivity index is 2.63. The second-order valence-corrected chi connectivity index (χ2v) is 5.38. The fourth-order valence-corrected chi connectivity index (χ4v) is 1.66. The predicted molar refractivity (Wildman–Crippen MR) is 86.8 cm³/mol. The molecule has 1 aromatic rings. The molecule has 0 unspecified atom stereocenters. The van der Waals surface area contributed by atoms with E-state index in [1.54, 1.807) is 13.4 Å². The molecule has 5 heteroatoms. The van der Waals surface area contributed by atoms with Gasteiger partial charge in [0.15, 0.2) is 0 Å². The summed E-state index contributed by atoms with van der Waals surface area (Å²) in [6.45, 7) is 8.06. The average molecular weight is 293 g/mol. The molecule has 0 amide bonds. The molecule has 118 valence electrons. The van der Waals surface area contributed by atoms with E-state index in [9.17, 15) is 0 Å². The van der Waals surface area contributed by atoms with Crippen LogP contribution in [0.2, 0.25) is 0 Å². The van der Waals surface area contributed by atoms with Crippen LogP contribution in [0.3, 0.4) is 0 Å². The second-order valence-electron chi connectivity index (χ2n) is 5.38. The largest absolute Gasteiger partial charge is 0.479 e. The molecule has 0 aliphatic rings. The van der Waals surface area contributed by atoms with Crippen molar-refractivity contribution < 1.29 is 9.47 Å². The van der Waals surface area contributed by atoms with Gasteiger partial charge in [-0.1, -0.05) is 13.8 Å². The Morgan fingerprint density at radius 2 is 2.14 bits per heavy atom. The summed E-state index contributed by atoms with van der Waals surface area (Å²) < 4.78 is 10.9. The molecule has 0 saturated carbocycles. The molecule has 0 saturated heterocycles. The highest BCUT2D eigenvalue weighted by Crippen LogP contribution is 2.27. The lowest BCUT2D eigenvalue weighted by atomic mass is 10.1. The maximum absolute atomic E-state index is 5.65. The van der Waals surface area contributed by atoms with Crippen LogP contribution in [0.15, 0.2) is 17.1 Å². The maximum atomic E-state index is 5.65. The number of rotatable bonds is 9. The molecule has 0 N–H and O–H groups in total. The van der Waals surface area contributed by atoms with Crippen molar-refractivity contribution in [3.63, 3.8) is 0 Å². The van der Waals surface area contributed by atoms with Crippen LogP contribution in [0.25, 0.3) is 0 Å². The first kappa shape index (κ1) is 17.3. The molecular weight excluding hydrogens is 266 g/mol. The molecule has 0 aliphatic carbocycles. The molecule has 1 rings (SSSR count). The van der Waals surface area contributed by atoms with E-state index in [4.69, 9.17) is 9.47 Å². The van der Waals surface area contributed by atoms with Crippen molar-refractivity contribution in [1.82, 2.24) is 9.88 Å². The van der Waals surface area contributed by atoms with Gasteiger partial charge in [-0.3, -0.25) is 0 Å². The first-order valence-corrected chi connectivity index (χ1v) is 7.49. The highest BCUT2D eigenvalue weighted by Gasteiger charge is 2.06. The van der Waals surface area contributed by atoms with Crippen molar-refractivity contribution in [2.24, 2.45) is 10.9 Å². The molecule has 0 atom stereocenters. The third kappa shape index (κ3) is 6.47. The van der Waals surface area contributed by atoms with Gasteiger partial charge in [-0.25, -0.2) is 4.99 Å². The summed E-state index contributed by atoms with van der Waals surface area (Å²) in [6, 6.07) is 3.69. The minimum Gasteiger partial charge on any atom is -0.479 e. The highest BCUT2D eigenvalue weighted by molar-refractivity contribution is 5.63. The number of aromatic nitrogens is 1. The number of methoxy groups -OCH3 is 1. The molecule has 21 heavy (non-hydrogen) atoms. The predicted octanol–water partition coefficient (Wildman–Crippen LogP) is 3.52. The summed E-state index contributed by atoms with van der Waals surface area (Å²) >= 11 is 0. The van der Waals surface area contributed by atoms with Gasteiger partial charge in [0.2, 0.25) is 11.8 Å². The summed E-state index contributed by atoms with van der Waals surface area (Å²) in [5.74, 6) is 1.76. The van der Waals surface area contributed by atoms with Crippen LogP contribution in [0, 0.1) is 5.92 Å². The van der Waals surface area contributed by atoms with Gasteiger partial charge in [-0.05, 0) is 31.7 Å². The Labute approximate surface area is 128 Å². The summed E-state index contributed by atoms with van der Waals surface area (Å²) in [4.78, 5) is 10.7. The minimum atomic E-state index is 0.483. The Morgan fingerprint density at radius 3 is 2.76 bits per heavy atom. The molecule has 0 fully saturated rings. The second kappa shape index (κ2) is 9.21. The van der Waals surface area contributed by atoms with Gasteiger partial charge in [-0.2, -0.15) is 4.98 Å². The van der Waals surface area contributed by atoms with Crippen molar-refractivity contribution >= 4 is 12.0 Å². The highest BCUT2D eigenvalue weighted by atomic mass is 16.5. The van der Waals surface area contributed by atoms with Gasteiger partial charge in [0.05, 0.1) is 20.1 Å². The maximum Gasteiger partial charge on any atom is 0.243 e. The van der Waals surface area contributed by atoms with Gasteiger partial charge in [0, 0.05) is 19.7 Å². The first-order chi connectivity index (χ1) is 10.1. The van der Waals surface area contributed by atoms with Crippen molar-refractivity contribution in [3.05, 3.63) is 12.1 Å². The fourth-order valence-electron chi connectivity index (χ4n) is 1.66. The van der Waals surface area contributed by atoms with Crippen LogP contribution in [0.4, 0.5) is 5.69 Å². The van der Waals surface area contributed by atoms with E-state index in [-0.39, 0.29) is 0 Å². The number of nitrogens with zero attached hydrogens (tertiary/aromatic N) is 3. The number of hydrogen-bond acceptors (Lipinski definition) is 4. The monoisotopic (exact) mass is 293 g/mol. The lowest BCUT2D eigenvalue weighted by molar-refractivity contribution is 0.282. The lowest BCUT2D eigenvalue weighted by Gasteiger charge is -2.11. The van der Waals surface area contributed by atoms with E-state index < -0.39 is 0 Å². The standard InChI is InChI=1S/C16H27N3O2/c1-6-19(4)12-17-14-9-10-15(18-16(14)20-5)21-11-7-8-13(2)3/h9-10,12-13H,6-8,11H2,1-5H3. The average Bonchev–Trinajstić information content (AvgIpc) is 2.49. The van der Waals surface area contributed by atoms with Gasteiger partial charge in [0.1, 0.15) is 5.69 Å². The number of aliphatic imine (C=N–C) groups is 1. The quantitative estimate of drug-likeness (QED) is 0.397. The first-order valence-electron chi connectivity index (χ1n) is 7.49. The van der Waals surface area contributed by atoms with Crippen molar-refractivity contribution in [3.8, 4) is 11.8 Å². The van der Waals surface area contributed by atoms with Crippen molar-refractivity contribution in [2.45, 2.75) is 33.6 Å². The number of ether oxygens (including phenoxy) is 2. The molecule has 0 aromatic carbocycles. The summed E-state index contributed by atoms with van der Waals surface area (Å²) in [5, 5.41) is 0. The van der Waals surface area contributed by atoms with Crippen molar-refractivity contribution in [2.75, 3.05) is 27.3 Å². The van der Waals surface area contributed by atoms with Gasteiger partial charge < -0.3 is 14.4 Å². The van der Waals surface area contributed by atoms with E-state index in [2.05, 4.69) is 30.7 Å². The third-order valence-corrected chi connectivity index (χ3v) is 3.08. The Kier molecular flexibility index (Phi) is 7.58. The van der Waals surface area contributed by atoms with Crippen LogP contribution in [0.5, 0.6) is 11.8 Å². The normalized spacial score (nSPS) is 11.1. The zero-order valence-corrected chi connectivity index (χ0v) is 13.8. The fraction of sp³-hybridized carbons (Fsp3) is 0.625. The van der Waals surface area contributed by atoms with Crippen LogP contribution < -0.4 is 9.47 Å².